The zero-order chi connectivity index (χ0) is 26.5. The largest absolute Gasteiger partial charge is 0.366 e. The zero-order valence-corrected chi connectivity index (χ0v) is 20.4. The van der Waals surface area contributed by atoms with Gasteiger partial charge in [-0.1, -0.05) is 30.3 Å². The molecule has 0 aliphatic heterocycles. The molecule has 8 nitrogen and oxygen atoms in total. The Bertz CT molecular complexity index is 1560. The molecule has 0 radical (unpaired) electrons. The lowest BCUT2D eigenvalue weighted by Crippen LogP contribution is -2.14. The Morgan fingerprint density at radius 2 is 1.79 bits per heavy atom. The average molecular weight is 509 g/mol. The number of imidazole rings is 1. The normalized spacial score (nSPS) is 10.9. The molecular weight excluding hydrogens is 483 g/mol. The number of halogens is 1. The van der Waals surface area contributed by atoms with Crippen LogP contribution < -0.4 is 11.1 Å². The second kappa shape index (κ2) is 10.9. The molecule has 0 aliphatic rings. The van der Waals surface area contributed by atoms with Crippen molar-refractivity contribution in [1.29, 1.82) is 0 Å². The number of benzene rings is 3. The Balaban J connectivity index is 1.46. The van der Waals surface area contributed by atoms with E-state index in [9.17, 15) is 14.0 Å². The molecule has 2 heterocycles. The topological polar surface area (TPSA) is 119 Å². The summed E-state index contributed by atoms with van der Waals surface area (Å²) in [6.07, 6.45) is 6.69. The molecule has 0 saturated heterocycles. The first-order valence-electron chi connectivity index (χ1n) is 12.1. The first-order valence-corrected chi connectivity index (χ1v) is 12.1. The third-order valence-electron chi connectivity index (χ3n) is 6.12. The van der Waals surface area contributed by atoms with Crippen LogP contribution in [0.5, 0.6) is 0 Å². The molecule has 3 aromatic carbocycles. The van der Waals surface area contributed by atoms with Crippen LogP contribution in [0, 0.1) is 5.82 Å². The van der Waals surface area contributed by atoms with Crippen LogP contribution >= 0.6 is 0 Å². The van der Waals surface area contributed by atoms with Crippen molar-refractivity contribution in [3.8, 4) is 28.2 Å². The molecule has 5 aromatic rings. The molecule has 0 fully saturated rings. The van der Waals surface area contributed by atoms with Crippen molar-refractivity contribution in [2.75, 3.05) is 5.32 Å². The molecule has 4 N–H and O–H groups in total. The second-order valence-corrected chi connectivity index (χ2v) is 8.75. The Morgan fingerprint density at radius 1 is 1.00 bits per heavy atom. The number of carbonyl (C=O) groups excluding carboxylic acids is 2. The van der Waals surface area contributed by atoms with Gasteiger partial charge in [0.25, 0.3) is 0 Å². The summed E-state index contributed by atoms with van der Waals surface area (Å²) in [6.45, 7) is 0. The van der Waals surface area contributed by atoms with E-state index in [-0.39, 0.29) is 18.1 Å². The van der Waals surface area contributed by atoms with E-state index in [0.717, 1.165) is 22.5 Å². The van der Waals surface area contributed by atoms with Crippen molar-refractivity contribution < 1.29 is 14.0 Å². The average Bonchev–Trinajstić information content (AvgIpc) is 3.61. The fraction of sp³-hybridized carbons (Fsp3) is 0.103. The minimum atomic E-state index is -0.563. The minimum Gasteiger partial charge on any atom is -0.366 e. The number of nitrogens with two attached hydrogens (primary N) is 1. The smallest absolute Gasteiger partial charge is 0.249 e. The van der Waals surface area contributed by atoms with E-state index in [1.807, 2.05) is 47.2 Å². The fourth-order valence-corrected chi connectivity index (χ4v) is 4.34. The number of H-pyrrole nitrogens is 1. The van der Waals surface area contributed by atoms with Crippen LogP contribution in [0.3, 0.4) is 0 Å². The SMILES string of the molecule is NC(=O)c1cccc(-c2cn[nH]c2)c1-c1nc(CCCC(=O)Nc2ccc(F)cc2)cn1-c1ccccc1. The summed E-state index contributed by atoms with van der Waals surface area (Å²) >= 11 is 0. The van der Waals surface area contributed by atoms with Gasteiger partial charge in [0, 0.05) is 41.3 Å². The predicted molar refractivity (Wildman–Crippen MR) is 143 cm³/mol. The summed E-state index contributed by atoms with van der Waals surface area (Å²) in [5.74, 6) is -0.526. The van der Waals surface area contributed by atoms with E-state index in [2.05, 4.69) is 15.5 Å². The van der Waals surface area contributed by atoms with E-state index in [0.29, 0.717) is 35.5 Å². The number of rotatable bonds is 9. The number of amides is 2. The lowest BCUT2D eigenvalue weighted by Gasteiger charge is -2.14. The number of hydrogen-bond donors (Lipinski definition) is 3. The summed E-state index contributed by atoms with van der Waals surface area (Å²) in [7, 11) is 0. The van der Waals surface area contributed by atoms with E-state index >= 15 is 0 Å². The van der Waals surface area contributed by atoms with E-state index < -0.39 is 5.91 Å². The maximum absolute atomic E-state index is 13.1. The fourth-order valence-electron chi connectivity index (χ4n) is 4.34. The van der Waals surface area contributed by atoms with Gasteiger partial charge >= 0.3 is 0 Å². The standard InChI is InChI=1S/C29H25FN6O2/c30-20-12-14-21(15-13-20)34-26(37)11-4-6-22-18-36(23-7-2-1-3-8-23)29(35-22)27-24(19-16-32-33-17-19)9-5-10-25(27)28(31)38/h1-3,5,7-10,12-18H,4,6,11H2,(H2,31,38)(H,32,33)(H,34,37). The number of primary amides is 1. The van der Waals surface area contributed by atoms with Crippen LogP contribution in [0.2, 0.25) is 0 Å². The Kier molecular flexibility index (Phi) is 7.08. The molecule has 2 aromatic heterocycles. The summed E-state index contributed by atoms with van der Waals surface area (Å²) in [5.41, 5.74) is 10.5. The van der Waals surface area contributed by atoms with Crippen LogP contribution in [-0.4, -0.2) is 31.6 Å². The number of aryl methyl sites for hydroxylation is 1. The van der Waals surface area contributed by atoms with Gasteiger partial charge in [0.05, 0.1) is 17.5 Å². The maximum Gasteiger partial charge on any atom is 0.249 e. The Labute approximate surface area is 218 Å². The number of para-hydroxylation sites is 1. The summed E-state index contributed by atoms with van der Waals surface area (Å²) in [6, 6.07) is 20.7. The molecule has 0 atom stereocenters. The van der Waals surface area contributed by atoms with Gasteiger partial charge in [-0.2, -0.15) is 5.10 Å². The number of aromatic amines is 1. The molecule has 5 rings (SSSR count). The van der Waals surface area contributed by atoms with Crippen LogP contribution in [0.15, 0.2) is 91.4 Å². The second-order valence-electron chi connectivity index (χ2n) is 8.75. The highest BCUT2D eigenvalue weighted by Gasteiger charge is 2.22. The van der Waals surface area contributed by atoms with Crippen molar-refractivity contribution in [2.45, 2.75) is 19.3 Å². The number of aromatic nitrogens is 4. The third kappa shape index (κ3) is 5.36. The lowest BCUT2D eigenvalue weighted by molar-refractivity contribution is -0.116. The summed E-state index contributed by atoms with van der Waals surface area (Å²) in [4.78, 5) is 29.8. The Hall–Kier alpha value is -5.05. The van der Waals surface area contributed by atoms with Gasteiger partial charge in [0.15, 0.2) is 0 Å². The maximum atomic E-state index is 13.1. The van der Waals surface area contributed by atoms with Gasteiger partial charge in [0.1, 0.15) is 11.6 Å². The zero-order valence-electron chi connectivity index (χ0n) is 20.4. The van der Waals surface area contributed by atoms with Crippen molar-refractivity contribution >= 4 is 17.5 Å². The van der Waals surface area contributed by atoms with Crippen molar-refractivity contribution in [1.82, 2.24) is 19.7 Å². The first kappa shape index (κ1) is 24.6. The number of nitrogens with one attached hydrogen (secondary N) is 2. The monoisotopic (exact) mass is 508 g/mol. The molecule has 2 amide bonds. The molecule has 0 bridgehead atoms. The van der Waals surface area contributed by atoms with Crippen molar-refractivity contribution in [3.05, 3.63) is 108 Å². The summed E-state index contributed by atoms with van der Waals surface area (Å²) < 4.78 is 15.0. The molecule has 0 saturated carbocycles. The number of carbonyl (C=O) groups is 2. The molecule has 0 unspecified atom stereocenters. The molecule has 38 heavy (non-hydrogen) atoms. The van der Waals surface area contributed by atoms with Crippen molar-refractivity contribution in [2.24, 2.45) is 5.73 Å². The molecule has 0 aliphatic carbocycles. The van der Waals surface area contributed by atoms with Gasteiger partial charge in [-0.3, -0.25) is 19.3 Å². The highest BCUT2D eigenvalue weighted by molar-refractivity contribution is 6.03. The van der Waals surface area contributed by atoms with E-state index in [4.69, 9.17) is 10.7 Å². The van der Waals surface area contributed by atoms with Gasteiger partial charge in [-0.05, 0) is 60.9 Å². The molecule has 9 heteroatoms. The Morgan fingerprint density at radius 3 is 2.50 bits per heavy atom. The van der Waals surface area contributed by atoms with E-state index in [1.165, 1.54) is 24.3 Å². The van der Waals surface area contributed by atoms with Gasteiger partial charge in [0.2, 0.25) is 11.8 Å². The molecule has 190 valence electrons. The minimum absolute atomic E-state index is 0.166. The van der Waals surface area contributed by atoms with Crippen LogP contribution in [0.25, 0.3) is 28.2 Å². The predicted octanol–water partition coefficient (Wildman–Crippen LogP) is 5.13. The first-order chi connectivity index (χ1) is 18.5. The van der Waals surface area contributed by atoms with Crippen molar-refractivity contribution in [3.63, 3.8) is 0 Å². The highest BCUT2D eigenvalue weighted by atomic mass is 19.1. The molecular formula is C29H25FN6O2. The van der Waals surface area contributed by atoms with Gasteiger partial charge in [-0.25, -0.2) is 9.37 Å². The van der Waals surface area contributed by atoms with Crippen LogP contribution in [0.4, 0.5) is 10.1 Å². The lowest BCUT2D eigenvalue weighted by atomic mass is 9.96. The quantitative estimate of drug-likeness (QED) is 0.256. The highest BCUT2D eigenvalue weighted by Crippen LogP contribution is 2.35. The molecule has 0 spiro atoms. The number of anilines is 1. The van der Waals surface area contributed by atoms with Crippen LogP contribution in [0.1, 0.15) is 28.9 Å². The number of hydrogen-bond acceptors (Lipinski definition) is 4. The third-order valence-corrected chi connectivity index (χ3v) is 6.12. The number of nitrogens with zero attached hydrogens (tertiary/aromatic N) is 3. The summed E-state index contributed by atoms with van der Waals surface area (Å²) in [5, 5.41) is 9.65. The van der Waals surface area contributed by atoms with E-state index in [1.54, 1.807) is 24.5 Å². The van der Waals surface area contributed by atoms with Gasteiger partial charge < -0.3 is 11.1 Å². The van der Waals surface area contributed by atoms with Crippen LogP contribution in [-0.2, 0) is 11.2 Å². The van der Waals surface area contributed by atoms with Gasteiger partial charge in [-0.15, -0.1) is 0 Å².